The van der Waals surface area contributed by atoms with Gasteiger partial charge in [-0.05, 0) is 46.6 Å². The highest BCUT2D eigenvalue weighted by Crippen LogP contribution is 2.24. The molecule has 8 heteroatoms. The van der Waals surface area contributed by atoms with E-state index in [0.29, 0.717) is 60.1 Å². The van der Waals surface area contributed by atoms with Crippen LogP contribution in [0.5, 0.6) is 11.5 Å². The summed E-state index contributed by atoms with van der Waals surface area (Å²) in [6.45, 7) is 2.04. The van der Waals surface area contributed by atoms with Crippen molar-refractivity contribution < 1.29 is 23.5 Å². The van der Waals surface area contributed by atoms with Crippen molar-refractivity contribution in [3.63, 3.8) is 0 Å². The van der Waals surface area contributed by atoms with Crippen LogP contribution in [-0.2, 0) is 0 Å². The maximum atomic E-state index is 12.9. The van der Waals surface area contributed by atoms with Gasteiger partial charge in [0.05, 0.1) is 14.2 Å². The third-order valence-electron chi connectivity index (χ3n) is 4.45. The summed E-state index contributed by atoms with van der Waals surface area (Å²) in [5.41, 5.74) is 0.501. The Morgan fingerprint density at radius 1 is 0.926 bits per heavy atom. The Balaban J connectivity index is 1.70. The van der Waals surface area contributed by atoms with E-state index in [1.165, 1.54) is 0 Å². The summed E-state index contributed by atoms with van der Waals surface area (Å²) in [5, 5.41) is 0. The lowest BCUT2D eigenvalue weighted by Crippen LogP contribution is -2.37. The molecule has 0 saturated carbocycles. The number of furan rings is 1. The Labute approximate surface area is 165 Å². The fraction of sp³-hybridized carbons (Fsp3) is 0.368. The molecule has 0 unspecified atom stereocenters. The van der Waals surface area contributed by atoms with Crippen LogP contribution in [-0.4, -0.2) is 62.0 Å². The normalized spacial score (nSPS) is 14.6. The van der Waals surface area contributed by atoms with Crippen molar-refractivity contribution in [3.05, 3.63) is 46.3 Å². The molecular weight excluding hydrogens is 416 g/mol. The van der Waals surface area contributed by atoms with E-state index < -0.39 is 0 Å². The second-order valence-corrected chi connectivity index (χ2v) is 6.92. The fourth-order valence-electron chi connectivity index (χ4n) is 3.02. The van der Waals surface area contributed by atoms with E-state index in [0.717, 1.165) is 0 Å². The molecule has 0 radical (unpaired) electrons. The molecule has 0 aliphatic carbocycles. The Morgan fingerprint density at radius 2 is 1.52 bits per heavy atom. The number of methoxy groups -OCH3 is 2. The molecule has 1 fully saturated rings. The molecule has 0 N–H and O–H groups in total. The van der Waals surface area contributed by atoms with Gasteiger partial charge in [0.2, 0.25) is 0 Å². The van der Waals surface area contributed by atoms with Crippen LogP contribution in [0.3, 0.4) is 0 Å². The van der Waals surface area contributed by atoms with E-state index in [1.807, 2.05) is 0 Å². The van der Waals surface area contributed by atoms with Crippen molar-refractivity contribution in [2.75, 3.05) is 40.4 Å². The molecule has 0 spiro atoms. The van der Waals surface area contributed by atoms with Crippen molar-refractivity contribution in [3.8, 4) is 11.5 Å². The predicted molar refractivity (Wildman–Crippen MR) is 102 cm³/mol. The Morgan fingerprint density at radius 3 is 2.04 bits per heavy atom. The number of rotatable bonds is 4. The average molecular weight is 437 g/mol. The number of carbonyl (C=O) groups excluding carboxylic acids is 2. The van der Waals surface area contributed by atoms with Crippen molar-refractivity contribution in [2.45, 2.75) is 6.42 Å². The van der Waals surface area contributed by atoms with Crippen LogP contribution in [0.25, 0.3) is 0 Å². The lowest BCUT2D eigenvalue weighted by Gasteiger charge is -2.22. The first-order chi connectivity index (χ1) is 13.0. The van der Waals surface area contributed by atoms with E-state index >= 15 is 0 Å². The van der Waals surface area contributed by atoms with Gasteiger partial charge in [-0.15, -0.1) is 0 Å². The molecule has 1 aromatic carbocycles. The van der Waals surface area contributed by atoms with Crippen LogP contribution in [0.4, 0.5) is 0 Å². The third-order valence-corrected chi connectivity index (χ3v) is 4.88. The molecule has 144 valence electrons. The summed E-state index contributed by atoms with van der Waals surface area (Å²) < 4.78 is 16.4. The third kappa shape index (κ3) is 4.44. The molecular formula is C19H21BrN2O5. The summed E-state index contributed by atoms with van der Waals surface area (Å²) >= 11 is 3.21. The highest BCUT2D eigenvalue weighted by Gasteiger charge is 2.25. The van der Waals surface area contributed by atoms with Crippen LogP contribution in [0.2, 0.25) is 0 Å². The first-order valence-corrected chi connectivity index (χ1v) is 9.38. The van der Waals surface area contributed by atoms with E-state index in [-0.39, 0.29) is 11.8 Å². The van der Waals surface area contributed by atoms with Crippen LogP contribution in [0, 0.1) is 0 Å². The minimum atomic E-state index is -0.168. The van der Waals surface area contributed by atoms with Crippen LogP contribution < -0.4 is 9.47 Å². The number of carbonyl (C=O) groups is 2. The molecule has 1 aliphatic rings. The molecule has 1 aromatic heterocycles. The van der Waals surface area contributed by atoms with Gasteiger partial charge in [0.15, 0.2) is 10.4 Å². The van der Waals surface area contributed by atoms with Crippen LogP contribution in [0.15, 0.2) is 39.4 Å². The number of nitrogens with zero attached hydrogens (tertiary/aromatic N) is 2. The SMILES string of the molecule is COc1cc(OC)cc(C(=O)N2CCCN(C(=O)c3ccc(Br)o3)CC2)c1. The van der Waals surface area contributed by atoms with Gasteiger partial charge in [0.1, 0.15) is 11.5 Å². The van der Waals surface area contributed by atoms with Crippen LogP contribution in [0.1, 0.15) is 27.3 Å². The summed E-state index contributed by atoms with van der Waals surface area (Å²) in [6, 6.07) is 8.44. The van der Waals surface area contributed by atoms with Crippen molar-refractivity contribution in [1.29, 1.82) is 0 Å². The number of hydrogen-bond acceptors (Lipinski definition) is 5. The number of hydrogen-bond donors (Lipinski definition) is 0. The second-order valence-electron chi connectivity index (χ2n) is 6.14. The van der Waals surface area contributed by atoms with Gasteiger partial charge < -0.3 is 23.7 Å². The highest BCUT2D eigenvalue weighted by atomic mass is 79.9. The topological polar surface area (TPSA) is 72.2 Å². The zero-order valence-electron chi connectivity index (χ0n) is 15.2. The van der Waals surface area contributed by atoms with Gasteiger partial charge in [0, 0.05) is 37.8 Å². The molecule has 2 heterocycles. The van der Waals surface area contributed by atoms with Gasteiger partial charge in [-0.1, -0.05) is 0 Å². The molecule has 1 saturated heterocycles. The first kappa shape index (κ1) is 19.3. The minimum Gasteiger partial charge on any atom is -0.497 e. The summed E-state index contributed by atoms with van der Waals surface area (Å²) in [4.78, 5) is 28.9. The lowest BCUT2D eigenvalue weighted by molar-refractivity contribution is 0.0699. The number of halogens is 1. The molecule has 2 aromatic rings. The first-order valence-electron chi connectivity index (χ1n) is 8.59. The van der Waals surface area contributed by atoms with E-state index in [4.69, 9.17) is 13.9 Å². The summed E-state index contributed by atoms with van der Waals surface area (Å²) in [6.07, 6.45) is 0.695. The van der Waals surface area contributed by atoms with Gasteiger partial charge in [-0.2, -0.15) is 0 Å². The van der Waals surface area contributed by atoms with Crippen molar-refractivity contribution >= 4 is 27.7 Å². The molecule has 0 atom stereocenters. The van der Waals surface area contributed by atoms with E-state index in [9.17, 15) is 9.59 Å². The molecule has 0 bridgehead atoms. The predicted octanol–water partition coefficient (Wildman–Crippen LogP) is 3.05. The molecule has 7 nitrogen and oxygen atoms in total. The highest BCUT2D eigenvalue weighted by molar-refractivity contribution is 9.10. The Bertz CT molecular complexity index is 813. The monoisotopic (exact) mass is 436 g/mol. The molecule has 27 heavy (non-hydrogen) atoms. The van der Waals surface area contributed by atoms with Crippen LogP contribution >= 0.6 is 15.9 Å². The fourth-order valence-corrected chi connectivity index (χ4v) is 3.33. The van der Waals surface area contributed by atoms with E-state index in [1.54, 1.807) is 54.4 Å². The van der Waals surface area contributed by atoms with Gasteiger partial charge >= 0.3 is 0 Å². The minimum absolute atomic E-state index is 0.109. The molecule has 2 amide bonds. The van der Waals surface area contributed by atoms with Crippen molar-refractivity contribution in [1.82, 2.24) is 9.80 Å². The Hall–Kier alpha value is -2.48. The number of ether oxygens (including phenoxy) is 2. The Kier molecular flexibility index (Phi) is 6.05. The largest absolute Gasteiger partial charge is 0.497 e. The summed E-state index contributed by atoms with van der Waals surface area (Å²) in [7, 11) is 3.09. The number of benzene rings is 1. The standard InChI is InChI=1S/C19H21BrN2O5/c1-25-14-10-13(11-15(12-14)26-2)18(23)21-6-3-7-22(9-8-21)19(24)16-4-5-17(20)27-16/h4-5,10-12H,3,6-9H2,1-2H3. The lowest BCUT2D eigenvalue weighted by atomic mass is 10.1. The maximum absolute atomic E-state index is 12.9. The van der Waals surface area contributed by atoms with E-state index in [2.05, 4.69) is 15.9 Å². The van der Waals surface area contributed by atoms with Gasteiger partial charge in [-0.25, -0.2) is 0 Å². The quantitative estimate of drug-likeness (QED) is 0.736. The molecule has 3 rings (SSSR count). The molecule has 1 aliphatic heterocycles. The zero-order chi connectivity index (χ0) is 19.4. The maximum Gasteiger partial charge on any atom is 0.289 e. The average Bonchev–Trinajstić information content (AvgIpc) is 2.98. The zero-order valence-corrected chi connectivity index (χ0v) is 16.8. The second kappa shape index (κ2) is 8.47. The van der Waals surface area contributed by atoms with Gasteiger partial charge in [-0.3, -0.25) is 9.59 Å². The number of amides is 2. The van der Waals surface area contributed by atoms with Crippen molar-refractivity contribution in [2.24, 2.45) is 0 Å². The van der Waals surface area contributed by atoms with Gasteiger partial charge in [0.25, 0.3) is 11.8 Å². The summed E-state index contributed by atoms with van der Waals surface area (Å²) in [5.74, 6) is 1.14. The smallest absolute Gasteiger partial charge is 0.289 e.